The van der Waals surface area contributed by atoms with E-state index in [4.69, 9.17) is 4.74 Å². The van der Waals surface area contributed by atoms with Gasteiger partial charge in [-0.1, -0.05) is 18.2 Å². The van der Waals surface area contributed by atoms with Gasteiger partial charge in [0, 0.05) is 5.69 Å². The molecular weight excluding hydrogens is 270 g/mol. The Morgan fingerprint density at radius 1 is 1.19 bits per heavy atom. The van der Waals surface area contributed by atoms with Crippen LogP contribution in [0, 0.1) is 6.92 Å². The normalized spacial score (nSPS) is 15.5. The molecule has 1 aliphatic rings. The van der Waals surface area contributed by atoms with Crippen LogP contribution in [0.15, 0.2) is 24.3 Å². The molecule has 2 rings (SSSR count). The van der Waals surface area contributed by atoms with Crippen molar-refractivity contribution in [1.82, 2.24) is 5.32 Å². The molecule has 0 spiro atoms. The van der Waals surface area contributed by atoms with Crippen LogP contribution in [0.5, 0.6) is 0 Å². The zero-order valence-corrected chi connectivity index (χ0v) is 12.3. The van der Waals surface area contributed by atoms with Gasteiger partial charge in [0.15, 0.2) is 0 Å². The maximum absolute atomic E-state index is 11.8. The molecule has 0 unspecified atom stereocenters. The average molecular weight is 292 g/mol. The summed E-state index contributed by atoms with van der Waals surface area (Å²) in [6.07, 6.45) is 0. The van der Waals surface area contributed by atoms with Gasteiger partial charge in [-0.15, -0.1) is 0 Å². The molecule has 0 bridgehead atoms. The number of morpholine rings is 1. The molecule has 0 aliphatic carbocycles. The number of amides is 2. The Hall–Kier alpha value is -1.92. The smallest absolute Gasteiger partial charge is 0.313 e. The quantitative estimate of drug-likeness (QED) is 0.621. The third-order valence-electron chi connectivity index (χ3n) is 3.56. The Labute approximate surface area is 124 Å². The predicted octanol–water partition coefficient (Wildman–Crippen LogP) is -1.04. The van der Waals surface area contributed by atoms with Crippen LogP contribution in [-0.2, 0) is 14.3 Å². The number of quaternary nitrogens is 1. The third kappa shape index (κ3) is 4.84. The second kappa shape index (κ2) is 7.75. The van der Waals surface area contributed by atoms with Crippen molar-refractivity contribution in [3.63, 3.8) is 0 Å². The van der Waals surface area contributed by atoms with E-state index >= 15 is 0 Å². The second-order valence-electron chi connectivity index (χ2n) is 5.14. The van der Waals surface area contributed by atoms with Gasteiger partial charge in [-0.2, -0.15) is 0 Å². The van der Waals surface area contributed by atoms with Crippen molar-refractivity contribution in [2.75, 3.05) is 44.7 Å². The number of carbonyl (C=O) groups excluding carboxylic acids is 2. The Morgan fingerprint density at radius 3 is 2.62 bits per heavy atom. The highest BCUT2D eigenvalue weighted by atomic mass is 16.5. The number of para-hydroxylation sites is 1. The summed E-state index contributed by atoms with van der Waals surface area (Å²) in [5.41, 5.74) is 1.59. The minimum atomic E-state index is -0.624. The van der Waals surface area contributed by atoms with E-state index in [2.05, 4.69) is 10.6 Å². The number of hydrogen-bond donors (Lipinski definition) is 3. The molecule has 1 fully saturated rings. The van der Waals surface area contributed by atoms with Gasteiger partial charge in [-0.3, -0.25) is 9.59 Å². The molecule has 0 saturated carbocycles. The number of hydrogen-bond acceptors (Lipinski definition) is 3. The summed E-state index contributed by atoms with van der Waals surface area (Å²) < 4.78 is 5.27. The molecule has 6 nitrogen and oxygen atoms in total. The molecule has 1 aliphatic heterocycles. The van der Waals surface area contributed by atoms with Gasteiger partial charge < -0.3 is 20.3 Å². The predicted molar refractivity (Wildman–Crippen MR) is 79.2 cm³/mol. The van der Waals surface area contributed by atoms with Crippen LogP contribution in [0.4, 0.5) is 5.69 Å². The molecule has 1 aromatic carbocycles. The fourth-order valence-corrected chi connectivity index (χ4v) is 2.24. The van der Waals surface area contributed by atoms with Crippen LogP contribution in [0.25, 0.3) is 0 Å². The Kier molecular flexibility index (Phi) is 5.71. The molecule has 1 saturated heterocycles. The van der Waals surface area contributed by atoms with Crippen molar-refractivity contribution in [3.8, 4) is 0 Å². The number of benzene rings is 1. The monoisotopic (exact) mass is 292 g/mol. The van der Waals surface area contributed by atoms with Crippen LogP contribution in [0.1, 0.15) is 5.56 Å². The first kappa shape index (κ1) is 15.5. The standard InChI is InChI=1S/C15H21N3O3/c1-12-4-2-3-5-13(12)17-15(20)14(19)16-6-7-18-8-10-21-11-9-18/h2-5H,6-11H2,1H3,(H,16,19)(H,17,20)/p+1. The summed E-state index contributed by atoms with van der Waals surface area (Å²) in [5, 5.41) is 5.28. The molecule has 0 atom stereocenters. The highest BCUT2D eigenvalue weighted by Crippen LogP contribution is 2.12. The maximum atomic E-state index is 11.8. The molecule has 2 amide bonds. The van der Waals surface area contributed by atoms with Gasteiger partial charge in [0.1, 0.15) is 13.1 Å². The van der Waals surface area contributed by atoms with Gasteiger partial charge >= 0.3 is 11.8 Å². The van der Waals surface area contributed by atoms with Crippen molar-refractivity contribution in [2.45, 2.75) is 6.92 Å². The van der Waals surface area contributed by atoms with Crippen LogP contribution in [0.2, 0.25) is 0 Å². The summed E-state index contributed by atoms with van der Waals surface area (Å²) in [5.74, 6) is -1.22. The summed E-state index contributed by atoms with van der Waals surface area (Å²) >= 11 is 0. The zero-order chi connectivity index (χ0) is 15.1. The van der Waals surface area contributed by atoms with Crippen molar-refractivity contribution in [3.05, 3.63) is 29.8 Å². The van der Waals surface area contributed by atoms with Crippen LogP contribution >= 0.6 is 0 Å². The first-order valence-corrected chi connectivity index (χ1v) is 7.23. The van der Waals surface area contributed by atoms with Gasteiger partial charge in [0.2, 0.25) is 0 Å². The largest absolute Gasteiger partial charge is 0.370 e. The highest BCUT2D eigenvalue weighted by molar-refractivity contribution is 6.39. The molecule has 0 aromatic heterocycles. The minimum absolute atomic E-state index is 0.495. The first-order chi connectivity index (χ1) is 10.2. The lowest BCUT2D eigenvalue weighted by atomic mass is 10.2. The second-order valence-corrected chi connectivity index (χ2v) is 5.14. The molecule has 114 valence electrons. The van der Waals surface area contributed by atoms with Gasteiger partial charge in [0.25, 0.3) is 0 Å². The Balaban J connectivity index is 1.72. The van der Waals surface area contributed by atoms with Crippen LogP contribution in [-0.4, -0.2) is 51.2 Å². The van der Waals surface area contributed by atoms with Crippen molar-refractivity contribution < 1.29 is 19.2 Å². The van der Waals surface area contributed by atoms with Gasteiger partial charge in [-0.25, -0.2) is 0 Å². The van der Waals surface area contributed by atoms with E-state index in [1.54, 1.807) is 6.07 Å². The Morgan fingerprint density at radius 2 is 1.90 bits per heavy atom. The van der Waals surface area contributed by atoms with Gasteiger partial charge in [-0.05, 0) is 18.6 Å². The summed E-state index contributed by atoms with van der Waals surface area (Å²) in [7, 11) is 0. The lowest BCUT2D eigenvalue weighted by Crippen LogP contribution is -3.14. The van der Waals surface area contributed by atoms with E-state index < -0.39 is 11.8 Å². The van der Waals surface area contributed by atoms with Gasteiger partial charge in [0.05, 0.1) is 26.3 Å². The fraction of sp³-hybridized carbons (Fsp3) is 0.467. The van der Waals surface area contributed by atoms with E-state index in [9.17, 15) is 9.59 Å². The number of aryl methyl sites for hydroxylation is 1. The van der Waals surface area contributed by atoms with E-state index in [0.29, 0.717) is 12.2 Å². The minimum Gasteiger partial charge on any atom is -0.370 e. The maximum Gasteiger partial charge on any atom is 0.313 e. The number of anilines is 1. The van der Waals surface area contributed by atoms with E-state index in [1.807, 2.05) is 25.1 Å². The summed E-state index contributed by atoms with van der Waals surface area (Å²) in [6.45, 7) is 6.61. The van der Waals surface area contributed by atoms with E-state index in [1.165, 1.54) is 4.90 Å². The fourth-order valence-electron chi connectivity index (χ4n) is 2.24. The molecule has 1 heterocycles. The molecule has 0 radical (unpaired) electrons. The Bertz CT molecular complexity index is 499. The van der Waals surface area contributed by atoms with E-state index in [0.717, 1.165) is 38.4 Å². The number of carbonyl (C=O) groups is 2. The third-order valence-corrected chi connectivity index (χ3v) is 3.56. The molecule has 6 heteroatoms. The SMILES string of the molecule is Cc1ccccc1NC(=O)C(=O)NCC[NH+]1CCOCC1. The molecule has 1 aromatic rings. The summed E-state index contributed by atoms with van der Waals surface area (Å²) in [4.78, 5) is 24.9. The number of rotatable bonds is 4. The van der Waals surface area contributed by atoms with Crippen LogP contribution in [0.3, 0.4) is 0 Å². The zero-order valence-electron chi connectivity index (χ0n) is 12.3. The lowest BCUT2D eigenvalue weighted by Gasteiger charge is -2.23. The van der Waals surface area contributed by atoms with Crippen molar-refractivity contribution in [1.29, 1.82) is 0 Å². The first-order valence-electron chi connectivity index (χ1n) is 7.23. The highest BCUT2D eigenvalue weighted by Gasteiger charge is 2.16. The lowest BCUT2D eigenvalue weighted by molar-refractivity contribution is -0.906. The molecular formula is C15H22N3O3+. The summed E-state index contributed by atoms with van der Waals surface area (Å²) in [6, 6.07) is 7.37. The van der Waals surface area contributed by atoms with E-state index in [-0.39, 0.29) is 0 Å². The van der Waals surface area contributed by atoms with Crippen molar-refractivity contribution in [2.24, 2.45) is 0 Å². The topological polar surface area (TPSA) is 71.9 Å². The molecule has 3 N–H and O–H groups in total. The number of ether oxygens (including phenoxy) is 1. The number of nitrogens with one attached hydrogen (secondary N) is 3. The van der Waals surface area contributed by atoms with Crippen LogP contribution < -0.4 is 15.5 Å². The van der Waals surface area contributed by atoms with Crippen molar-refractivity contribution >= 4 is 17.5 Å². The molecule has 21 heavy (non-hydrogen) atoms. The average Bonchev–Trinajstić information content (AvgIpc) is 2.50.